The first-order valence-corrected chi connectivity index (χ1v) is 7.02. The maximum Gasteiger partial charge on any atom is 0.269 e. The monoisotopic (exact) mass is 285 g/mol. The van der Waals surface area contributed by atoms with Gasteiger partial charge in [0.1, 0.15) is 0 Å². The number of hydrogen-bond donors (Lipinski definition) is 1. The zero-order valence-corrected chi connectivity index (χ0v) is 12.2. The molecular formula is C16H19N3O2. The van der Waals surface area contributed by atoms with E-state index >= 15 is 0 Å². The summed E-state index contributed by atoms with van der Waals surface area (Å²) in [4.78, 5) is 14.7. The number of nitrogens with one attached hydrogen (secondary N) is 1. The lowest BCUT2D eigenvalue weighted by Gasteiger charge is -2.15. The highest BCUT2D eigenvalue weighted by molar-refractivity contribution is 5.34. The Balaban J connectivity index is 2.01. The van der Waals surface area contributed by atoms with Crippen LogP contribution in [0.4, 0.5) is 5.69 Å². The summed E-state index contributed by atoms with van der Waals surface area (Å²) in [6, 6.07) is 10.8. The molecule has 0 amide bonds. The standard InChI is InChI=1S/C16H19N3O2/c1-3-13-5-4-10-17-16(13)11-18-12(2)14-6-8-15(9-7-14)19(20)21/h4-10,12,18H,3,11H2,1-2H3. The third-order valence-electron chi connectivity index (χ3n) is 3.55. The molecule has 2 rings (SSSR count). The molecule has 0 fully saturated rings. The first-order chi connectivity index (χ1) is 10.1. The van der Waals surface area contributed by atoms with Gasteiger partial charge >= 0.3 is 0 Å². The zero-order chi connectivity index (χ0) is 15.2. The summed E-state index contributed by atoms with van der Waals surface area (Å²) < 4.78 is 0. The van der Waals surface area contributed by atoms with Gasteiger partial charge < -0.3 is 5.32 Å². The predicted molar refractivity (Wildman–Crippen MR) is 82.0 cm³/mol. The van der Waals surface area contributed by atoms with Crippen LogP contribution in [0.3, 0.4) is 0 Å². The molecule has 5 heteroatoms. The topological polar surface area (TPSA) is 68.1 Å². The van der Waals surface area contributed by atoms with Crippen LogP contribution >= 0.6 is 0 Å². The highest BCUT2D eigenvalue weighted by atomic mass is 16.6. The van der Waals surface area contributed by atoms with Crippen molar-refractivity contribution in [1.29, 1.82) is 0 Å². The number of nitro benzene ring substituents is 1. The molecule has 0 bridgehead atoms. The van der Waals surface area contributed by atoms with Crippen LogP contribution in [0.5, 0.6) is 0 Å². The molecule has 1 N–H and O–H groups in total. The summed E-state index contributed by atoms with van der Waals surface area (Å²) >= 11 is 0. The number of hydrogen-bond acceptors (Lipinski definition) is 4. The third-order valence-corrected chi connectivity index (χ3v) is 3.55. The summed E-state index contributed by atoms with van der Waals surface area (Å²) in [5.74, 6) is 0. The predicted octanol–water partition coefficient (Wildman–Crippen LogP) is 3.40. The average molecular weight is 285 g/mol. The molecule has 0 aliphatic carbocycles. The Kier molecular flexibility index (Phi) is 5.00. The lowest BCUT2D eigenvalue weighted by atomic mass is 10.1. The maximum absolute atomic E-state index is 10.6. The molecule has 0 saturated heterocycles. The first kappa shape index (κ1) is 15.1. The van der Waals surface area contributed by atoms with Crippen molar-refractivity contribution in [3.63, 3.8) is 0 Å². The fourth-order valence-corrected chi connectivity index (χ4v) is 2.20. The van der Waals surface area contributed by atoms with Gasteiger partial charge in [-0.3, -0.25) is 15.1 Å². The molecule has 0 aliphatic heterocycles. The van der Waals surface area contributed by atoms with Gasteiger partial charge in [0.2, 0.25) is 0 Å². The van der Waals surface area contributed by atoms with Crippen LogP contribution in [-0.4, -0.2) is 9.91 Å². The van der Waals surface area contributed by atoms with Gasteiger partial charge in [0.25, 0.3) is 5.69 Å². The van der Waals surface area contributed by atoms with Crippen LogP contribution in [0.2, 0.25) is 0 Å². The van der Waals surface area contributed by atoms with E-state index in [0.717, 1.165) is 17.7 Å². The Morgan fingerprint density at radius 1 is 1.29 bits per heavy atom. The molecule has 1 aromatic carbocycles. The van der Waals surface area contributed by atoms with E-state index in [1.165, 1.54) is 17.7 Å². The fraction of sp³-hybridized carbons (Fsp3) is 0.312. The molecule has 5 nitrogen and oxygen atoms in total. The number of nitro groups is 1. The van der Waals surface area contributed by atoms with Crippen LogP contribution in [0, 0.1) is 10.1 Å². The Bertz CT molecular complexity index is 611. The van der Waals surface area contributed by atoms with Crippen molar-refractivity contribution in [1.82, 2.24) is 10.3 Å². The second-order valence-corrected chi connectivity index (χ2v) is 4.91. The van der Waals surface area contributed by atoms with Gasteiger partial charge in [0, 0.05) is 30.9 Å². The summed E-state index contributed by atoms with van der Waals surface area (Å²) in [5, 5.41) is 14.1. The summed E-state index contributed by atoms with van der Waals surface area (Å²) in [5.41, 5.74) is 3.42. The van der Waals surface area contributed by atoms with E-state index < -0.39 is 0 Å². The number of non-ortho nitro benzene ring substituents is 1. The Morgan fingerprint density at radius 3 is 2.62 bits per heavy atom. The first-order valence-electron chi connectivity index (χ1n) is 7.02. The lowest BCUT2D eigenvalue weighted by Crippen LogP contribution is -2.19. The van der Waals surface area contributed by atoms with Crippen molar-refractivity contribution in [3.05, 3.63) is 69.5 Å². The Hall–Kier alpha value is -2.27. The minimum atomic E-state index is -0.386. The molecule has 0 radical (unpaired) electrons. The van der Waals surface area contributed by atoms with E-state index in [1.54, 1.807) is 18.3 Å². The molecular weight excluding hydrogens is 266 g/mol. The van der Waals surface area contributed by atoms with Crippen LogP contribution in [0.25, 0.3) is 0 Å². The van der Waals surface area contributed by atoms with Crippen molar-refractivity contribution < 1.29 is 4.92 Å². The van der Waals surface area contributed by atoms with Crippen molar-refractivity contribution in [2.75, 3.05) is 0 Å². The Labute approximate surface area is 124 Å². The average Bonchev–Trinajstić information content (AvgIpc) is 2.52. The minimum Gasteiger partial charge on any atom is -0.305 e. The van der Waals surface area contributed by atoms with Crippen molar-refractivity contribution in [3.8, 4) is 0 Å². The molecule has 0 spiro atoms. The second kappa shape index (κ2) is 6.95. The lowest BCUT2D eigenvalue weighted by molar-refractivity contribution is -0.384. The largest absolute Gasteiger partial charge is 0.305 e. The number of rotatable bonds is 6. The molecule has 1 unspecified atom stereocenters. The molecule has 0 saturated carbocycles. The highest BCUT2D eigenvalue weighted by Gasteiger charge is 2.09. The summed E-state index contributed by atoms with van der Waals surface area (Å²) in [7, 11) is 0. The molecule has 0 aliphatic rings. The van der Waals surface area contributed by atoms with Gasteiger partial charge in [0.05, 0.1) is 10.6 Å². The normalized spacial score (nSPS) is 12.1. The Morgan fingerprint density at radius 2 is 2.00 bits per heavy atom. The number of benzene rings is 1. The van der Waals surface area contributed by atoms with E-state index in [0.29, 0.717) is 6.54 Å². The van der Waals surface area contributed by atoms with Crippen LogP contribution in [0.15, 0.2) is 42.6 Å². The van der Waals surface area contributed by atoms with E-state index in [-0.39, 0.29) is 16.7 Å². The molecule has 1 aromatic heterocycles. The van der Waals surface area contributed by atoms with E-state index in [4.69, 9.17) is 0 Å². The summed E-state index contributed by atoms with van der Waals surface area (Å²) in [6.07, 6.45) is 2.75. The van der Waals surface area contributed by atoms with Crippen LogP contribution in [-0.2, 0) is 13.0 Å². The van der Waals surface area contributed by atoms with Crippen LogP contribution in [0.1, 0.15) is 36.7 Å². The van der Waals surface area contributed by atoms with Gasteiger partial charge in [-0.25, -0.2) is 0 Å². The highest BCUT2D eigenvalue weighted by Crippen LogP contribution is 2.18. The quantitative estimate of drug-likeness (QED) is 0.652. The number of pyridine rings is 1. The number of aryl methyl sites for hydroxylation is 1. The SMILES string of the molecule is CCc1cccnc1CNC(C)c1ccc([N+](=O)[O-])cc1. The second-order valence-electron chi connectivity index (χ2n) is 4.91. The van der Waals surface area contributed by atoms with E-state index in [1.807, 2.05) is 13.0 Å². The van der Waals surface area contributed by atoms with Crippen molar-refractivity contribution in [2.24, 2.45) is 0 Å². The van der Waals surface area contributed by atoms with Gasteiger partial charge in [-0.15, -0.1) is 0 Å². The third kappa shape index (κ3) is 3.86. The number of nitrogens with zero attached hydrogens (tertiary/aromatic N) is 2. The van der Waals surface area contributed by atoms with Gasteiger partial charge in [-0.05, 0) is 30.5 Å². The number of aromatic nitrogens is 1. The molecule has 1 atom stereocenters. The minimum absolute atomic E-state index is 0.109. The van der Waals surface area contributed by atoms with E-state index in [2.05, 4.69) is 23.3 Å². The fourth-order valence-electron chi connectivity index (χ4n) is 2.20. The summed E-state index contributed by atoms with van der Waals surface area (Å²) in [6.45, 7) is 4.83. The van der Waals surface area contributed by atoms with Gasteiger partial charge in [-0.2, -0.15) is 0 Å². The molecule has 2 aromatic rings. The van der Waals surface area contributed by atoms with Gasteiger partial charge in [-0.1, -0.05) is 25.1 Å². The van der Waals surface area contributed by atoms with Crippen LogP contribution < -0.4 is 5.32 Å². The van der Waals surface area contributed by atoms with Gasteiger partial charge in [0.15, 0.2) is 0 Å². The zero-order valence-electron chi connectivity index (χ0n) is 12.2. The molecule has 110 valence electrons. The smallest absolute Gasteiger partial charge is 0.269 e. The van der Waals surface area contributed by atoms with Crippen molar-refractivity contribution >= 4 is 5.69 Å². The maximum atomic E-state index is 10.6. The molecule has 21 heavy (non-hydrogen) atoms. The molecule has 1 heterocycles. The van der Waals surface area contributed by atoms with E-state index in [9.17, 15) is 10.1 Å². The van der Waals surface area contributed by atoms with Crippen molar-refractivity contribution in [2.45, 2.75) is 32.9 Å².